The Labute approximate surface area is 106 Å². The molecule has 0 saturated carbocycles. The Balaban J connectivity index is 5.32. The molecule has 0 aliphatic carbocycles. The lowest BCUT2D eigenvalue weighted by Gasteiger charge is -2.50. The van der Waals surface area contributed by atoms with E-state index in [2.05, 4.69) is 71.1 Å². The van der Waals surface area contributed by atoms with Crippen LogP contribution in [0.15, 0.2) is 0 Å². The average molecular weight is 257 g/mol. The maximum absolute atomic E-state index is 2.97. The summed E-state index contributed by atoms with van der Waals surface area (Å²) in [5, 5.41) is 0. The molecule has 0 radical (unpaired) electrons. The summed E-state index contributed by atoms with van der Waals surface area (Å²) in [6.07, 6.45) is 0. The fourth-order valence-corrected chi connectivity index (χ4v) is 14.3. The van der Waals surface area contributed by atoms with Crippen molar-refractivity contribution in [3.8, 4) is 0 Å². The van der Waals surface area contributed by atoms with Crippen molar-refractivity contribution in [2.24, 2.45) is 0 Å². The van der Waals surface area contributed by atoms with Crippen LogP contribution >= 0.6 is 0 Å². The van der Waals surface area contributed by atoms with Crippen molar-refractivity contribution in [1.82, 2.24) is 4.14 Å². The summed E-state index contributed by atoms with van der Waals surface area (Å²) in [6.45, 7) is 25.3. The minimum atomic E-state index is -1.22. The first kappa shape index (κ1) is 16.5. The molecule has 0 rings (SSSR count). The molecule has 0 amide bonds. The van der Waals surface area contributed by atoms with Gasteiger partial charge in [-0.2, -0.15) is 0 Å². The number of hydrogen-bond donors (Lipinski definition) is 0. The standard InChI is InChI=1S/C12H32BNSi2/c1-11(2)13(12(3)4)14(15(5,6)7)16(8,9)10/h11-12H,1-10H3. The van der Waals surface area contributed by atoms with E-state index in [1.807, 2.05) is 0 Å². The highest BCUT2D eigenvalue weighted by molar-refractivity contribution is 6.99. The molecule has 4 heteroatoms. The second kappa shape index (κ2) is 5.40. The molecule has 0 spiro atoms. The Kier molecular flexibility index (Phi) is 5.56. The number of hydrogen-bond acceptors (Lipinski definition) is 1. The minimum absolute atomic E-state index is 0.762. The van der Waals surface area contributed by atoms with Gasteiger partial charge < -0.3 is 4.14 Å². The Morgan fingerprint density at radius 3 is 1.00 bits per heavy atom. The van der Waals surface area contributed by atoms with Crippen molar-refractivity contribution in [2.75, 3.05) is 0 Å². The van der Waals surface area contributed by atoms with E-state index in [4.69, 9.17) is 0 Å². The van der Waals surface area contributed by atoms with Gasteiger partial charge in [0.15, 0.2) is 0 Å². The van der Waals surface area contributed by atoms with Gasteiger partial charge in [-0.25, -0.2) is 0 Å². The summed E-state index contributed by atoms with van der Waals surface area (Å²) < 4.78 is 2.97. The van der Waals surface area contributed by atoms with Crippen LogP contribution in [0.5, 0.6) is 0 Å². The monoisotopic (exact) mass is 257 g/mol. The third kappa shape index (κ3) is 4.38. The molecule has 0 saturated heterocycles. The van der Waals surface area contributed by atoms with Crippen LogP contribution < -0.4 is 0 Å². The SMILES string of the molecule is CC(C)B(C(C)C)N([Si](C)(C)C)[Si](C)(C)C. The molecule has 0 aliphatic heterocycles. The molecule has 0 heterocycles. The number of nitrogens with zero attached hydrogens (tertiary/aromatic N) is 1. The molecule has 96 valence electrons. The van der Waals surface area contributed by atoms with Gasteiger partial charge in [0.1, 0.15) is 16.5 Å². The zero-order chi connectivity index (χ0) is 13.3. The summed E-state index contributed by atoms with van der Waals surface area (Å²) in [4.78, 5) is 0. The Morgan fingerprint density at radius 1 is 0.688 bits per heavy atom. The zero-order valence-electron chi connectivity index (χ0n) is 13.2. The third-order valence-corrected chi connectivity index (χ3v) is 10.6. The van der Waals surface area contributed by atoms with E-state index in [0.29, 0.717) is 0 Å². The van der Waals surface area contributed by atoms with Gasteiger partial charge in [-0.3, -0.25) is 0 Å². The molecule has 0 aromatic carbocycles. The van der Waals surface area contributed by atoms with Crippen LogP contribution in [0.2, 0.25) is 50.9 Å². The van der Waals surface area contributed by atoms with E-state index in [1.165, 1.54) is 0 Å². The van der Waals surface area contributed by atoms with E-state index < -0.39 is 16.5 Å². The maximum Gasteiger partial charge on any atom is 0.214 e. The lowest BCUT2D eigenvalue weighted by molar-refractivity contribution is 0.796. The summed E-state index contributed by atoms with van der Waals surface area (Å²) in [5.74, 6) is 1.52. The smallest absolute Gasteiger partial charge is 0.214 e. The quantitative estimate of drug-likeness (QED) is 0.641. The molecule has 0 aliphatic rings. The normalized spacial score (nSPS) is 14.1. The van der Waals surface area contributed by atoms with Gasteiger partial charge in [0.25, 0.3) is 0 Å². The van der Waals surface area contributed by atoms with Gasteiger partial charge in [0.05, 0.1) is 0 Å². The lowest BCUT2D eigenvalue weighted by atomic mass is 9.46. The largest absolute Gasteiger partial charge is 0.387 e. The van der Waals surface area contributed by atoms with Gasteiger partial charge in [0, 0.05) is 0 Å². The molecule has 0 fully saturated rings. The number of rotatable bonds is 5. The highest BCUT2D eigenvalue weighted by atomic mass is 28.4. The zero-order valence-corrected chi connectivity index (χ0v) is 15.2. The maximum atomic E-state index is 2.97. The van der Waals surface area contributed by atoms with Crippen LogP contribution in [-0.2, 0) is 0 Å². The summed E-state index contributed by atoms with van der Waals surface area (Å²) >= 11 is 0. The van der Waals surface area contributed by atoms with Crippen molar-refractivity contribution in [1.29, 1.82) is 0 Å². The fraction of sp³-hybridized carbons (Fsp3) is 1.00. The highest BCUT2D eigenvalue weighted by Crippen LogP contribution is 2.32. The van der Waals surface area contributed by atoms with Gasteiger partial charge in [-0.15, -0.1) is 0 Å². The van der Waals surface area contributed by atoms with Crippen molar-refractivity contribution in [2.45, 2.75) is 78.6 Å². The minimum Gasteiger partial charge on any atom is -0.387 e. The fourth-order valence-electron chi connectivity index (χ4n) is 3.27. The predicted octanol–water partition coefficient (Wildman–Crippen LogP) is 4.77. The molecular weight excluding hydrogens is 225 g/mol. The van der Waals surface area contributed by atoms with Crippen LogP contribution in [0.4, 0.5) is 0 Å². The highest BCUT2D eigenvalue weighted by Gasteiger charge is 2.43. The van der Waals surface area contributed by atoms with Crippen LogP contribution in [0.25, 0.3) is 0 Å². The van der Waals surface area contributed by atoms with Crippen molar-refractivity contribution < 1.29 is 0 Å². The first-order valence-electron chi connectivity index (χ1n) is 6.68. The topological polar surface area (TPSA) is 3.24 Å². The molecule has 16 heavy (non-hydrogen) atoms. The van der Waals surface area contributed by atoms with E-state index in [-0.39, 0.29) is 0 Å². The summed E-state index contributed by atoms with van der Waals surface area (Å²) in [6, 6.07) is 0. The van der Waals surface area contributed by atoms with Crippen molar-refractivity contribution >= 4 is 23.3 Å². The van der Waals surface area contributed by atoms with Gasteiger partial charge >= 0.3 is 0 Å². The molecule has 0 bridgehead atoms. The average Bonchev–Trinajstić information content (AvgIpc) is 1.93. The van der Waals surface area contributed by atoms with Crippen LogP contribution in [0, 0.1) is 0 Å². The molecule has 0 N–H and O–H groups in total. The van der Waals surface area contributed by atoms with Crippen molar-refractivity contribution in [3.63, 3.8) is 0 Å². The van der Waals surface area contributed by atoms with E-state index >= 15 is 0 Å². The molecule has 0 unspecified atom stereocenters. The Morgan fingerprint density at radius 2 is 0.938 bits per heavy atom. The molecular formula is C12H32BNSi2. The summed E-state index contributed by atoms with van der Waals surface area (Å²) in [7, 11) is -2.43. The Hall–Kier alpha value is 0.459. The molecule has 1 nitrogen and oxygen atoms in total. The second-order valence-electron chi connectivity index (χ2n) is 7.69. The van der Waals surface area contributed by atoms with Gasteiger partial charge in [-0.1, -0.05) is 78.6 Å². The molecule has 0 atom stereocenters. The Bertz CT molecular complexity index is 194. The second-order valence-corrected chi connectivity index (χ2v) is 17.8. The lowest BCUT2D eigenvalue weighted by Crippen LogP contribution is -2.66. The molecule has 0 aromatic heterocycles. The van der Waals surface area contributed by atoms with Gasteiger partial charge in [0.2, 0.25) is 6.85 Å². The van der Waals surface area contributed by atoms with E-state index in [9.17, 15) is 0 Å². The van der Waals surface area contributed by atoms with Crippen LogP contribution in [0.3, 0.4) is 0 Å². The third-order valence-electron chi connectivity index (χ3n) is 3.11. The first-order chi connectivity index (χ1) is 6.89. The van der Waals surface area contributed by atoms with E-state index in [1.54, 1.807) is 0 Å². The van der Waals surface area contributed by atoms with Gasteiger partial charge in [-0.05, 0) is 0 Å². The molecule has 0 aromatic rings. The summed E-state index contributed by atoms with van der Waals surface area (Å²) in [5.41, 5.74) is 0. The van der Waals surface area contributed by atoms with E-state index in [0.717, 1.165) is 18.5 Å². The van der Waals surface area contributed by atoms with Crippen LogP contribution in [-0.4, -0.2) is 27.5 Å². The van der Waals surface area contributed by atoms with Crippen molar-refractivity contribution in [3.05, 3.63) is 0 Å². The van der Waals surface area contributed by atoms with Crippen LogP contribution in [0.1, 0.15) is 27.7 Å². The first-order valence-corrected chi connectivity index (χ1v) is 13.6. The predicted molar refractivity (Wildman–Crippen MR) is 84.5 cm³/mol.